The van der Waals surface area contributed by atoms with Crippen molar-refractivity contribution in [2.24, 2.45) is 98.6 Å². The highest BCUT2D eigenvalue weighted by molar-refractivity contribution is 5.86. The van der Waals surface area contributed by atoms with Gasteiger partial charge in [-0.1, -0.05) is 145 Å². The van der Waals surface area contributed by atoms with Gasteiger partial charge in [0, 0.05) is 54.3 Å². The first-order chi connectivity index (χ1) is 45.4. The van der Waals surface area contributed by atoms with Crippen LogP contribution in [0.5, 0.6) is 0 Å². The lowest BCUT2D eigenvalue weighted by atomic mass is 9.69. The highest BCUT2D eigenvalue weighted by atomic mass is 16.7. The minimum absolute atomic E-state index is 0.0187. The van der Waals surface area contributed by atoms with Gasteiger partial charge in [0.25, 0.3) is 0 Å². The van der Waals surface area contributed by atoms with Crippen molar-refractivity contribution < 1.29 is 90.7 Å². The third-order valence-corrected chi connectivity index (χ3v) is 25.2. The van der Waals surface area contributed by atoms with Crippen LogP contribution < -0.4 is 10.6 Å². The van der Waals surface area contributed by atoms with Crippen LogP contribution in [0.3, 0.4) is 0 Å². The molecule has 3 N–H and O–H groups in total. The van der Waals surface area contributed by atoms with Crippen molar-refractivity contribution in [3.63, 3.8) is 0 Å². The second kappa shape index (κ2) is 32.6. The van der Waals surface area contributed by atoms with E-state index in [-0.39, 0.29) is 70.5 Å². The molecule has 8 heterocycles. The smallest absolute Gasteiger partial charge is 0.407 e. The van der Waals surface area contributed by atoms with Crippen LogP contribution in [0.15, 0.2) is 0 Å². The summed E-state index contributed by atoms with van der Waals surface area (Å²) in [4.78, 5) is 81.7. The van der Waals surface area contributed by atoms with Crippen LogP contribution in [-0.2, 0) is 76.0 Å². The lowest BCUT2D eigenvalue weighted by molar-refractivity contribution is -0.302. The van der Waals surface area contributed by atoms with E-state index < -0.39 is 163 Å². The van der Waals surface area contributed by atoms with Crippen LogP contribution in [0.2, 0.25) is 0 Å². The number of hydrogen-bond acceptors (Lipinski definition) is 19. The summed E-state index contributed by atoms with van der Waals surface area (Å²) in [6.07, 6.45) is -5.63. The van der Waals surface area contributed by atoms with Gasteiger partial charge >= 0.3 is 24.1 Å². The van der Waals surface area contributed by atoms with Gasteiger partial charge in [-0.05, 0) is 125 Å². The summed E-state index contributed by atoms with van der Waals surface area (Å²) in [5.74, 6) is -4.01. The number of cyclic esters (lactones) is 2. The van der Waals surface area contributed by atoms with Crippen molar-refractivity contribution in [1.82, 2.24) is 10.6 Å². The van der Waals surface area contributed by atoms with Crippen molar-refractivity contribution in [3.05, 3.63) is 0 Å². The Balaban J connectivity index is 0.000000276. The molecule has 0 aromatic carbocycles. The second-order valence-electron chi connectivity index (χ2n) is 34.9. The van der Waals surface area contributed by atoms with Crippen molar-refractivity contribution in [2.75, 3.05) is 0 Å². The number of carbonyl (C=O) groups is 6. The molecule has 0 bridgehead atoms. The highest BCUT2D eigenvalue weighted by Gasteiger charge is 2.55. The zero-order valence-corrected chi connectivity index (χ0v) is 64.9. The van der Waals surface area contributed by atoms with Crippen molar-refractivity contribution in [2.45, 2.75) is 355 Å². The Kier molecular flexibility index (Phi) is 27.2. The zero-order valence-electron chi connectivity index (χ0n) is 64.9. The SMILES string of the molecule is CC[C@H]1OC(=O)[C@H](C)[C@@H](OC2CC(C)(C)[C@@H](C)[C@H](C)O2)[C@H](C)[C@@H](O[C@@H]2O[C@H](C)C[C@H](C)[C@H]2C)C(C)(C)C[C@@H](C)C(=O)[C@H](C)[C@H]2NC(=O)O[C@@H]21.CC[C@H]1OC(=O)[C@H](C)[C@@H](OC2CC(C)(C)[C@@H](C)[C@H](C)O2)[C@H](C)[C@@H](O[C@@H]2O[C@H](C)C[C@H](C)[C@H]2O)C(C)(C)C[C@@H](C)C(=O)[C@H](C)[C@H]2NC(=O)O[C@@H]21. The molecule has 0 aromatic rings. The summed E-state index contributed by atoms with van der Waals surface area (Å²) < 4.78 is 77.1. The predicted molar refractivity (Wildman–Crippen MR) is 370 cm³/mol. The summed E-state index contributed by atoms with van der Waals surface area (Å²) in [6, 6.07) is -1.28. The number of rotatable bonds is 10. The number of esters is 2. The molecule has 8 saturated heterocycles. The molecule has 0 aromatic heterocycles. The summed E-state index contributed by atoms with van der Waals surface area (Å²) in [5, 5.41) is 16.9. The van der Waals surface area contributed by atoms with Crippen LogP contribution >= 0.6 is 0 Å². The maximum absolute atomic E-state index is 14.2. The van der Waals surface area contributed by atoms with Gasteiger partial charge in [0.2, 0.25) is 0 Å². The molecule has 0 spiro atoms. The van der Waals surface area contributed by atoms with Crippen LogP contribution in [-0.4, -0.2) is 157 Å². The average Bonchev–Trinajstić information content (AvgIpc) is 1.03. The third kappa shape index (κ3) is 18.5. The van der Waals surface area contributed by atoms with E-state index in [1.807, 2.05) is 69.2 Å². The summed E-state index contributed by atoms with van der Waals surface area (Å²) in [5.41, 5.74) is -1.33. The topological polar surface area (TPSA) is 257 Å². The van der Waals surface area contributed by atoms with E-state index in [1.54, 1.807) is 13.8 Å². The van der Waals surface area contributed by atoms with E-state index in [0.29, 0.717) is 62.7 Å². The first kappa shape index (κ1) is 81.8. The molecule has 2 unspecified atom stereocenters. The van der Waals surface area contributed by atoms with E-state index >= 15 is 0 Å². The number of alkyl carbamates (subject to hydrolysis) is 2. The zero-order chi connectivity index (χ0) is 73.5. The Morgan fingerprint density at radius 2 is 0.786 bits per heavy atom. The predicted octanol–water partition coefficient (Wildman–Crippen LogP) is 13.3. The van der Waals surface area contributed by atoms with Crippen molar-refractivity contribution in [1.29, 1.82) is 0 Å². The molecule has 2 amide bonds. The standard InChI is InChI=1S/C39H67NO9.C38H65NO10/c1-15-28-33-30(40-37(43)48-33)23(6)31(41)20(3)17-39(13,14)34(49-36-22(5)19(2)16-21(4)44-36)24(7)32(25(8)35(42)46-28)47-29-18-38(11,12)26(9)27(10)45-29;1-14-26-32-28(39-36(43)48-32)21(5)29(40)19(3)16-38(12,13)33(49-35-30(41)18(2)15-20(4)44-35)22(6)31(23(7)34(42)46-26)47-27-17-37(10,11)24(8)25(9)45-27/h19-30,32-34,36H,15-18H2,1-14H3,(H,40,43);18-28,30-33,35,41H,14-17H2,1-13H3,(H,39,43)/t19-,20+,21+,22+,23+,24-,25+,26-,27-,28+,29?,30+,32-,33+,34+,36-;18-,19+,20+,21+,22-,23+,24-,25-,26+,27?,28+,30+,31-,32+,33+,35-/m00/s1. The number of aliphatic hydroxyl groups excluding tert-OH is 1. The molecule has 21 heteroatoms. The third-order valence-electron chi connectivity index (χ3n) is 25.2. The Hall–Kier alpha value is -3.54. The van der Waals surface area contributed by atoms with Crippen molar-refractivity contribution in [3.8, 4) is 0 Å². The number of carbonyl (C=O) groups excluding carboxylic acids is 6. The average molecular weight is 1390 g/mol. The number of Topliss-reactive ketones (excluding diaryl/α,β-unsaturated/α-hetero) is 2. The van der Waals surface area contributed by atoms with E-state index in [0.717, 1.165) is 6.42 Å². The van der Waals surface area contributed by atoms with E-state index in [2.05, 4.69) is 114 Å². The van der Waals surface area contributed by atoms with Crippen LogP contribution in [0, 0.1) is 98.6 Å². The highest BCUT2D eigenvalue weighted by Crippen LogP contribution is 2.49. The number of fused-ring (bicyclic) bond motifs is 2. The molecular formula is C77H132N2O19. The lowest BCUT2D eigenvalue weighted by Crippen LogP contribution is -2.55. The first-order valence-corrected chi connectivity index (χ1v) is 37.7. The van der Waals surface area contributed by atoms with Gasteiger partial charge in [0.1, 0.15) is 29.9 Å². The summed E-state index contributed by atoms with van der Waals surface area (Å²) in [7, 11) is 0. The van der Waals surface area contributed by atoms with Gasteiger partial charge in [0.05, 0.1) is 72.8 Å². The Labute approximate surface area is 588 Å². The Morgan fingerprint density at radius 1 is 0.429 bits per heavy atom. The van der Waals surface area contributed by atoms with Crippen molar-refractivity contribution >= 4 is 35.7 Å². The van der Waals surface area contributed by atoms with Crippen LogP contribution in [0.1, 0.15) is 238 Å². The van der Waals surface area contributed by atoms with E-state index in [4.69, 9.17) is 56.8 Å². The minimum Gasteiger partial charge on any atom is -0.458 e. The monoisotopic (exact) mass is 1390 g/mol. The molecule has 0 radical (unpaired) electrons. The van der Waals surface area contributed by atoms with Crippen LogP contribution in [0.4, 0.5) is 9.59 Å². The maximum atomic E-state index is 14.2. The van der Waals surface area contributed by atoms with Gasteiger partial charge in [0.15, 0.2) is 37.4 Å². The number of ether oxygens (including phenoxy) is 12. The molecule has 564 valence electrons. The van der Waals surface area contributed by atoms with Gasteiger partial charge in [-0.2, -0.15) is 0 Å². The van der Waals surface area contributed by atoms with Gasteiger partial charge in [-0.15, -0.1) is 0 Å². The normalized spacial score (nSPS) is 46.5. The number of nitrogens with one attached hydrogen (secondary N) is 2. The fourth-order valence-corrected chi connectivity index (χ4v) is 18.0. The molecule has 0 saturated carbocycles. The van der Waals surface area contributed by atoms with E-state index in [9.17, 15) is 33.9 Å². The Morgan fingerprint density at radius 3 is 1.15 bits per heavy atom. The number of ketones is 2. The molecule has 0 aliphatic carbocycles. The molecule has 8 aliphatic rings. The molecule has 8 fully saturated rings. The fraction of sp³-hybridized carbons (Fsp3) is 0.922. The summed E-state index contributed by atoms with van der Waals surface area (Å²) >= 11 is 0. The van der Waals surface area contributed by atoms with Gasteiger partial charge < -0.3 is 72.6 Å². The number of amides is 2. The second-order valence-corrected chi connectivity index (χ2v) is 34.9. The Bertz CT molecular complexity index is 2530. The fourth-order valence-electron chi connectivity index (χ4n) is 18.0. The molecule has 21 nitrogen and oxygen atoms in total. The molecule has 8 rings (SSSR count). The quantitative estimate of drug-likeness (QED) is 0.136. The molecule has 98 heavy (non-hydrogen) atoms. The molecular weight excluding hydrogens is 1260 g/mol. The first-order valence-electron chi connectivity index (χ1n) is 37.7. The lowest BCUT2D eigenvalue weighted by Gasteiger charge is -2.49. The maximum Gasteiger partial charge on any atom is 0.407 e. The van der Waals surface area contributed by atoms with E-state index in [1.165, 1.54) is 0 Å². The van der Waals surface area contributed by atoms with Gasteiger partial charge in [-0.3, -0.25) is 19.2 Å². The number of aliphatic hydroxyl groups is 1. The number of hydrogen-bond donors (Lipinski definition) is 3. The van der Waals surface area contributed by atoms with Gasteiger partial charge in [-0.25, -0.2) is 9.59 Å². The minimum atomic E-state index is -0.904. The largest absolute Gasteiger partial charge is 0.458 e. The molecule has 8 aliphatic heterocycles. The molecule has 32 atom stereocenters. The summed E-state index contributed by atoms with van der Waals surface area (Å²) in [6.45, 7) is 55.2. The van der Waals surface area contributed by atoms with Crippen LogP contribution in [0.25, 0.3) is 0 Å².